The summed E-state index contributed by atoms with van der Waals surface area (Å²) in [6, 6.07) is 10.9. The predicted molar refractivity (Wildman–Crippen MR) is 77.5 cm³/mol. The molecule has 3 nitrogen and oxygen atoms in total. The van der Waals surface area contributed by atoms with Gasteiger partial charge in [0.1, 0.15) is 6.54 Å². The highest BCUT2D eigenvalue weighted by Gasteiger charge is 2.24. The number of ether oxygens (including phenoxy) is 1. The van der Waals surface area contributed by atoms with Crippen LogP contribution in [0.2, 0.25) is 0 Å². The van der Waals surface area contributed by atoms with Crippen LogP contribution in [-0.4, -0.2) is 37.2 Å². The zero-order valence-electron chi connectivity index (χ0n) is 12.5. The molecule has 20 heavy (non-hydrogen) atoms. The van der Waals surface area contributed by atoms with Gasteiger partial charge in [-0.3, -0.25) is 0 Å². The fourth-order valence-corrected chi connectivity index (χ4v) is 1.95. The number of quaternary nitrogens is 1. The Balaban J connectivity index is 0.00000361. The molecule has 0 aliphatic rings. The minimum Gasteiger partial charge on any atom is -1.00 e. The number of esters is 1. The van der Waals surface area contributed by atoms with Crippen LogP contribution in [0.15, 0.2) is 43.0 Å². The van der Waals surface area contributed by atoms with E-state index in [1.54, 1.807) is 0 Å². The molecule has 0 spiro atoms. The second-order valence-electron chi connectivity index (χ2n) is 5.43. The molecular weight excluding hydrogens is 274 g/mol. The van der Waals surface area contributed by atoms with Crippen molar-refractivity contribution in [2.45, 2.75) is 25.9 Å². The van der Waals surface area contributed by atoms with Crippen LogP contribution in [0.25, 0.3) is 0 Å². The number of hydrogen-bond acceptors (Lipinski definition) is 2. The van der Waals surface area contributed by atoms with E-state index in [2.05, 4.69) is 51.9 Å². The average molecular weight is 298 g/mol. The van der Waals surface area contributed by atoms with Gasteiger partial charge in [0, 0.05) is 18.1 Å². The van der Waals surface area contributed by atoms with Crippen molar-refractivity contribution in [3.63, 3.8) is 0 Å². The zero-order valence-corrected chi connectivity index (χ0v) is 13.3. The maximum atomic E-state index is 11.0. The van der Waals surface area contributed by atoms with Gasteiger partial charge in [0.25, 0.3) is 0 Å². The summed E-state index contributed by atoms with van der Waals surface area (Å²) in [7, 11) is 4.40. The van der Waals surface area contributed by atoms with Crippen molar-refractivity contribution in [1.82, 2.24) is 0 Å². The van der Waals surface area contributed by atoms with Crippen LogP contribution >= 0.6 is 0 Å². The molecule has 0 radical (unpaired) electrons. The van der Waals surface area contributed by atoms with Crippen LogP contribution in [0, 0.1) is 0 Å². The van der Waals surface area contributed by atoms with Gasteiger partial charge < -0.3 is 21.6 Å². The molecule has 0 bridgehead atoms. The van der Waals surface area contributed by atoms with E-state index in [0.29, 0.717) is 12.6 Å². The van der Waals surface area contributed by atoms with E-state index in [0.717, 1.165) is 17.4 Å². The van der Waals surface area contributed by atoms with Crippen LogP contribution in [-0.2, 0) is 16.1 Å². The summed E-state index contributed by atoms with van der Waals surface area (Å²) in [6.07, 6.45) is 2.05. The third-order valence-electron chi connectivity index (χ3n) is 3.57. The van der Waals surface area contributed by atoms with Crippen LogP contribution < -0.4 is 12.4 Å². The molecular formula is C16H24ClNO2. The molecule has 0 fully saturated rings. The summed E-state index contributed by atoms with van der Waals surface area (Å²) in [5.74, 6) is -0.347. The third-order valence-corrected chi connectivity index (χ3v) is 3.57. The maximum Gasteiger partial charge on any atom is 0.330 e. The van der Waals surface area contributed by atoms with E-state index in [9.17, 15) is 4.79 Å². The molecule has 0 aliphatic heterocycles. The molecule has 0 saturated carbocycles. The molecule has 0 heterocycles. The van der Waals surface area contributed by atoms with E-state index >= 15 is 0 Å². The summed E-state index contributed by atoms with van der Waals surface area (Å²) in [4.78, 5) is 11.0. The molecule has 1 rings (SSSR count). The molecule has 112 valence electrons. The van der Waals surface area contributed by atoms with Gasteiger partial charge in [0.15, 0.2) is 0 Å². The van der Waals surface area contributed by atoms with Gasteiger partial charge in [-0.2, -0.15) is 0 Å². The second-order valence-corrected chi connectivity index (χ2v) is 5.43. The standard InChI is InChI=1S/C16H24NO2.ClH/c1-5-16(18)19-12-11-14(2)17(3,4)13-15-9-7-6-8-10-15;/h5-10,14H,1,11-13H2,2-4H3;1H/q+1;/p-1. The average Bonchev–Trinajstić information content (AvgIpc) is 2.39. The first-order chi connectivity index (χ1) is 8.95. The van der Waals surface area contributed by atoms with Crippen molar-refractivity contribution >= 4 is 5.97 Å². The quantitative estimate of drug-likeness (QED) is 0.395. The summed E-state index contributed by atoms with van der Waals surface area (Å²) >= 11 is 0. The van der Waals surface area contributed by atoms with Crippen LogP contribution in [0.5, 0.6) is 0 Å². The van der Waals surface area contributed by atoms with Gasteiger partial charge in [0.2, 0.25) is 0 Å². The van der Waals surface area contributed by atoms with Gasteiger partial charge in [0.05, 0.1) is 26.7 Å². The lowest BCUT2D eigenvalue weighted by Crippen LogP contribution is -3.00. The van der Waals surface area contributed by atoms with E-state index in [1.165, 1.54) is 11.6 Å². The highest BCUT2D eigenvalue weighted by molar-refractivity contribution is 5.81. The Morgan fingerprint density at radius 1 is 1.35 bits per heavy atom. The molecule has 4 heteroatoms. The Morgan fingerprint density at radius 3 is 2.50 bits per heavy atom. The van der Waals surface area contributed by atoms with Crippen molar-refractivity contribution in [2.75, 3.05) is 20.7 Å². The molecule has 0 saturated heterocycles. The largest absolute Gasteiger partial charge is 1.00 e. The summed E-state index contributed by atoms with van der Waals surface area (Å²) in [5.41, 5.74) is 1.32. The predicted octanol–water partition coefficient (Wildman–Crippen LogP) is -0.225. The van der Waals surface area contributed by atoms with Gasteiger partial charge >= 0.3 is 5.97 Å². The summed E-state index contributed by atoms with van der Waals surface area (Å²) in [5, 5.41) is 0. The molecule has 0 N–H and O–H groups in total. The first-order valence-corrected chi connectivity index (χ1v) is 6.61. The number of halogens is 1. The minimum atomic E-state index is -0.347. The molecule has 1 aromatic carbocycles. The lowest BCUT2D eigenvalue weighted by atomic mass is 10.1. The lowest BCUT2D eigenvalue weighted by molar-refractivity contribution is -0.926. The van der Waals surface area contributed by atoms with E-state index < -0.39 is 0 Å². The molecule has 0 aromatic heterocycles. The second kappa shape index (κ2) is 8.77. The fraction of sp³-hybridized carbons (Fsp3) is 0.438. The maximum absolute atomic E-state index is 11.0. The van der Waals surface area contributed by atoms with Crippen molar-refractivity contribution in [2.24, 2.45) is 0 Å². The minimum absolute atomic E-state index is 0. The van der Waals surface area contributed by atoms with Gasteiger partial charge in [-0.15, -0.1) is 0 Å². The Hall–Kier alpha value is -1.32. The number of rotatable bonds is 7. The molecule has 1 unspecified atom stereocenters. The highest BCUT2D eigenvalue weighted by atomic mass is 35.5. The highest BCUT2D eigenvalue weighted by Crippen LogP contribution is 2.16. The number of hydrogen-bond donors (Lipinski definition) is 0. The lowest BCUT2D eigenvalue weighted by Gasteiger charge is -2.36. The van der Waals surface area contributed by atoms with Crippen molar-refractivity contribution < 1.29 is 26.4 Å². The Kier molecular flexibility index (Phi) is 8.19. The SMILES string of the molecule is C=CC(=O)OCCC(C)[N+](C)(C)Cc1ccccc1.[Cl-]. The third kappa shape index (κ3) is 6.22. The molecule has 0 amide bonds. The smallest absolute Gasteiger partial charge is 0.330 e. The monoisotopic (exact) mass is 297 g/mol. The van der Waals surface area contributed by atoms with Crippen molar-refractivity contribution in [3.05, 3.63) is 48.6 Å². The Labute approximate surface area is 128 Å². The first-order valence-electron chi connectivity index (χ1n) is 6.61. The van der Waals surface area contributed by atoms with Gasteiger partial charge in [-0.05, 0) is 6.92 Å². The van der Waals surface area contributed by atoms with Crippen molar-refractivity contribution in [3.8, 4) is 0 Å². The number of nitrogens with zero attached hydrogens (tertiary/aromatic N) is 1. The molecule has 0 aliphatic carbocycles. The van der Waals surface area contributed by atoms with E-state index in [-0.39, 0.29) is 18.4 Å². The normalized spacial score (nSPS) is 12.2. The zero-order chi connectivity index (χ0) is 14.3. The van der Waals surface area contributed by atoms with Crippen LogP contribution in [0.1, 0.15) is 18.9 Å². The van der Waals surface area contributed by atoms with Crippen molar-refractivity contribution in [1.29, 1.82) is 0 Å². The Bertz CT molecular complexity index is 418. The van der Waals surface area contributed by atoms with Crippen LogP contribution in [0.4, 0.5) is 0 Å². The number of carbonyl (C=O) groups excluding carboxylic acids is 1. The summed E-state index contributed by atoms with van der Waals surface area (Å²) < 4.78 is 5.91. The topological polar surface area (TPSA) is 26.3 Å². The number of benzene rings is 1. The first kappa shape index (κ1) is 18.7. The number of carbonyl (C=O) groups is 1. The van der Waals surface area contributed by atoms with Gasteiger partial charge in [-0.25, -0.2) is 4.79 Å². The Morgan fingerprint density at radius 2 is 1.95 bits per heavy atom. The van der Waals surface area contributed by atoms with E-state index in [1.807, 2.05) is 6.07 Å². The van der Waals surface area contributed by atoms with E-state index in [4.69, 9.17) is 4.74 Å². The van der Waals surface area contributed by atoms with Gasteiger partial charge in [-0.1, -0.05) is 36.9 Å². The summed E-state index contributed by atoms with van der Waals surface area (Å²) in [6.45, 7) is 6.99. The molecule has 1 aromatic rings. The fourth-order valence-electron chi connectivity index (χ4n) is 1.95. The van der Waals surface area contributed by atoms with Crippen LogP contribution in [0.3, 0.4) is 0 Å². The molecule has 1 atom stereocenters.